The van der Waals surface area contributed by atoms with Crippen LogP contribution >= 0.6 is 0 Å². The van der Waals surface area contributed by atoms with Crippen molar-refractivity contribution in [1.29, 1.82) is 0 Å². The van der Waals surface area contributed by atoms with E-state index in [9.17, 15) is 9.18 Å². The summed E-state index contributed by atoms with van der Waals surface area (Å²) in [7, 11) is 0. The third kappa shape index (κ3) is 4.15. The molecule has 0 spiro atoms. The smallest absolute Gasteiger partial charge is 0.227 e. The molecule has 0 saturated carbocycles. The van der Waals surface area contributed by atoms with E-state index in [4.69, 9.17) is 5.73 Å². The molecule has 3 nitrogen and oxygen atoms in total. The lowest BCUT2D eigenvalue weighted by molar-refractivity contribution is -0.122. The van der Waals surface area contributed by atoms with E-state index in [1.54, 1.807) is 12.1 Å². The monoisotopic (exact) mass is 238 g/mol. The van der Waals surface area contributed by atoms with Gasteiger partial charge in [0, 0.05) is 6.54 Å². The zero-order valence-electron chi connectivity index (χ0n) is 10.1. The van der Waals surface area contributed by atoms with Gasteiger partial charge in [-0.25, -0.2) is 4.39 Å². The van der Waals surface area contributed by atoms with Gasteiger partial charge < -0.3 is 11.1 Å². The van der Waals surface area contributed by atoms with Gasteiger partial charge in [0.05, 0.1) is 5.92 Å². The number of rotatable bonds is 6. The van der Waals surface area contributed by atoms with Crippen LogP contribution in [0.5, 0.6) is 0 Å². The van der Waals surface area contributed by atoms with Gasteiger partial charge in [0.15, 0.2) is 0 Å². The highest BCUT2D eigenvalue weighted by Crippen LogP contribution is 2.21. The molecule has 0 fully saturated rings. The summed E-state index contributed by atoms with van der Waals surface area (Å²) in [4.78, 5) is 11.9. The Hall–Kier alpha value is -1.42. The van der Waals surface area contributed by atoms with E-state index in [1.165, 1.54) is 12.1 Å². The minimum absolute atomic E-state index is 0.0208. The van der Waals surface area contributed by atoms with E-state index in [0.29, 0.717) is 19.5 Å². The number of likely N-dealkylation sites (N-methyl/N-ethyl adjacent to an activating group) is 1. The Balaban J connectivity index is 2.81. The topological polar surface area (TPSA) is 55.1 Å². The van der Waals surface area contributed by atoms with Crippen molar-refractivity contribution in [2.24, 2.45) is 5.73 Å². The van der Waals surface area contributed by atoms with Crippen molar-refractivity contribution < 1.29 is 9.18 Å². The van der Waals surface area contributed by atoms with Crippen molar-refractivity contribution in [1.82, 2.24) is 5.32 Å². The first-order valence-corrected chi connectivity index (χ1v) is 5.92. The molecule has 1 aromatic carbocycles. The number of benzene rings is 1. The molecule has 0 saturated heterocycles. The lowest BCUT2D eigenvalue weighted by Crippen LogP contribution is -2.29. The van der Waals surface area contributed by atoms with Gasteiger partial charge in [-0.2, -0.15) is 0 Å². The quantitative estimate of drug-likeness (QED) is 0.793. The van der Waals surface area contributed by atoms with Crippen LogP contribution in [0.4, 0.5) is 4.39 Å². The Bertz CT molecular complexity index is 351. The molecule has 1 atom stereocenters. The lowest BCUT2D eigenvalue weighted by Gasteiger charge is -2.16. The lowest BCUT2D eigenvalue weighted by atomic mass is 9.93. The van der Waals surface area contributed by atoms with Crippen LogP contribution in [0.3, 0.4) is 0 Å². The highest BCUT2D eigenvalue weighted by Gasteiger charge is 2.19. The molecule has 0 aromatic heterocycles. The molecule has 3 N–H and O–H groups in total. The van der Waals surface area contributed by atoms with Gasteiger partial charge in [0.1, 0.15) is 5.82 Å². The van der Waals surface area contributed by atoms with Gasteiger partial charge in [-0.3, -0.25) is 4.79 Å². The van der Waals surface area contributed by atoms with Crippen LogP contribution in [0, 0.1) is 5.82 Å². The molecule has 0 aliphatic heterocycles. The Morgan fingerprint density at radius 2 is 2.06 bits per heavy atom. The molecular formula is C13H19FN2O. The summed E-state index contributed by atoms with van der Waals surface area (Å²) in [5, 5.41) is 2.79. The summed E-state index contributed by atoms with van der Waals surface area (Å²) in [6, 6.07) is 6.07. The minimum atomic E-state index is -0.290. The first-order valence-electron chi connectivity index (χ1n) is 5.92. The molecule has 17 heavy (non-hydrogen) atoms. The summed E-state index contributed by atoms with van der Waals surface area (Å²) in [6.07, 6.45) is 1.47. The first-order chi connectivity index (χ1) is 8.19. The average molecular weight is 238 g/mol. The number of carbonyl (C=O) groups excluding carboxylic acids is 1. The number of nitrogens with two attached hydrogens (primary N) is 1. The van der Waals surface area contributed by atoms with Crippen molar-refractivity contribution >= 4 is 5.91 Å². The molecule has 1 rings (SSSR count). The molecule has 0 aliphatic rings. The highest BCUT2D eigenvalue weighted by atomic mass is 19.1. The first kappa shape index (κ1) is 13.6. The molecule has 1 aromatic rings. The summed E-state index contributed by atoms with van der Waals surface area (Å²) >= 11 is 0. The van der Waals surface area contributed by atoms with Gasteiger partial charge in [0.2, 0.25) is 5.91 Å². The number of halogens is 1. The summed E-state index contributed by atoms with van der Waals surface area (Å²) in [5.41, 5.74) is 6.30. The van der Waals surface area contributed by atoms with E-state index in [-0.39, 0.29) is 17.6 Å². The van der Waals surface area contributed by atoms with E-state index in [1.807, 2.05) is 6.92 Å². The molecular weight excluding hydrogens is 219 g/mol. The summed E-state index contributed by atoms with van der Waals surface area (Å²) in [6.45, 7) is 3.03. The molecule has 0 aliphatic carbocycles. The fraction of sp³-hybridized carbons (Fsp3) is 0.462. The zero-order valence-corrected chi connectivity index (χ0v) is 10.1. The molecule has 1 unspecified atom stereocenters. The predicted octanol–water partition coefficient (Wildman–Crippen LogP) is 1.78. The van der Waals surface area contributed by atoms with Gasteiger partial charge in [-0.15, -0.1) is 0 Å². The van der Waals surface area contributed by atoms with Crippen LogP contribution in [-0.4, -0.2) is 19.0 Å². The molecule has 1 amide bonds. The third-order valence-electron chi connectivity index (χ3n) is 2.64. The predicted molar refractivity (Wildman–Crippen MR) is 66.1 cm³/mol. The maximum absolute atomic E-state index is 12.8. The third-order valence-corrected chi connectivity index (χ3v) is 2.64. The van der Waals surface area contributed by atoms with Crippen LogP contribution in [-0.2, 0) is 4.79 Å². The number of amides is 1. The van der Waals surface area contributed by atoms with Crippen molar-refractivity contribution in [3.05, 3.63) is 35.6 Å². The molecule has 94 valence electrons. The summed E-state index contributed by atoms with van der Waals surface area (Å²) in [5.74, 6) is -0.547. The van der Waals surface area contributed by atoms with Crippen LogP contribution < -0.4 is 11.1 Å². The average Bonchev–Trinajstić information content (AvgIpc) is 2.32. The highest BCUT2D eigenvalue weighted by molar-refractivity contribution is 5.83. The number of hydrogen-bond acceptors (Lipinski definition) is 2. The van der Waals surface area contributed by atoms with E-state index in [0.717, 1.165) is 12.0 Å². The minimum Gasteiger partial charge on any atom is -0.356 e. The second-order valence-corrected chi connectivity index (χ2v) is 3.93. The van der Waals surface area contributed by atoms with Crippen LogP contribution in [0.1, 0.15) is 31.2 Å². The molecule has 0 radical (unpaired) electrons. The Labute approximate surface area is 101 Å². The van der Waals surface area contributed by atoms with Gasteiger partial charge >= 0.3 is 0 Å². The molecule has 0 heterocycles. The number of carbonyl (C=O) groups is 1. The van der Waals surface area contributed by atoms with Crippen molar-refractivity contribution in [3.63, 3.8) is 0 Å². The molecule has 0 bridgehead atoms. The normalized spacial score (nSPS) is 12.2. The Morgan fingerprint density at radius 3 is 2.59 bits per heavy atom. The number of hydrogen-bond donors (Lipinski definition) is 2. The Morgan fingerprint density at radius 1 is 1.41 bits per heavy atom. The SMILES string of the molecule is CCNC(=O)C(CCCN)c1ccc(F)cc1. The van der Waals surface area contributed by atoms with Gasteiger partial charge in [-0.1, -0.05) is 12.1 Å². The van der Waals surface area contributed by atoms with Crippen LogP contribution in [0.15, 0.2) is 24.3 Å². The maximum atomic E-state index is 12.8. The Kier molecular flexibility index (Phi) is 5.63. The second kappa shape index (κ2) is 7.01. The zero-order chi connectivity index (χ0) is 12.7. The van der Waals surface area contributed by atoms with E-state index < -0.39 is 0 Å². The second-order valence-electron chi connectivity index (χ2n) is 3.93. The number of nitrogens with one attached hydrogen (secondary N) is 1. The van der Waals surface area contributed by atoms with Crippen molar-refractivity contribution in [3.8, 4) is 0 Å². The van der Waals surface area contributed by atoms with Crippen LogP contribution in [0.25, 0.3) is 0 Å². The fourth-order valence-electron chi connectivity index (χ4n) is 1.76. The van der Waals surface area contributed by atoms with Gasteiger partial charge in [0.25, 0.3) is 0 Å². The summed E-state index contributed by atoms with van der Waals surface area (Å²) < 4.78 is 12.8. The van der Waals surface area contributed by atoms with E-state index in [2.05, 4.69) is 5.32 Å². The van der Waals surface area contributed by atoms with Crippen LogP contribution in [0.2, 0.25) is 0 Å². The standard InChI is InChI=1S/C13H19FN2O/c1-2-16-13(17)12(4-3-9-15)10-5-7-11(14)8-6-10/h5-8,12H,2-4,9,15H2,1H3,(H,16,17). The molecule has 4 heteroatoms. The maximum Gasteiger partial charge on any atom is 0.227 e. The van der Waals surface area contributed by atoms with Crippen molar-refractivity contribution in [2.75, 3.05) is 13.1 Å². The largest absolute Gasteiger partial charge is 0.356 e. The van der Waals surface area contributed by atoms with E-state index >= 15 is 0 Å². The van der Waals surface area contributed by atoms with Crippen molar-refractivity contribution in [2.45, 2.75) is 25.7 Å². The fourth-order valence-corrected chi connectivity index (χ4v) is 1.76. The van der Waals surface area contributed by atoms with Gasteiger partial charge in [-0.05, 0) is 44.0 Å².